The summed E-state index contributed by atoms with van der Waals surface area (Å²) in [6.07, 6.45) is -1.37. The van der Waals surface area contributed by atoms with Gasteiger partial charge < -0.3 is 94.2 Å². The molecule has 35 heteroatoms. The third-order valence-corrected chi connectivity index (χ3v) is 17.5. The Kier molecular flexibility index (Phi) is 29.9. The van der Waals surface area contributed by atoms with Crippen LogP contribution in [0.15, 0.2) is 60.9 Å². The fourth-order valence-electron chi connectivity index (χ4n) is 9.88. The quantitative estimate of drug-likeness (QED) is 0.0456. The van der Waals surface area contributed by atoms with Crippen molar-refractivity contribution in [2.45, 2.75) is 147 Å². The number of para-hydroxylation sites is 2. The van der Waals surface area contributed by atoms with Crippen molar-refractivity contribution in [3.8, 4) is 0 Å². The number of carbonyl (C=O) groups excluding carboxylic acids is 12. The molecule has 0 aliphatic carbocycles. The van der Waals surface area contributed by atoms with Gasteiger partial charge in [-0.05, 0) is 54.9 Å². The number of carboxylic acid groups (broad SMARTS) is 3. The number of H-pyrrole nitrogens is 2. The van der Waals surface area contributed by atoms with Gasteiger partial charge in [-0.15, -0.1) is 0 Å². The number of aliphatic hydroxyl groups excluding tert-OH is 1. The standard InChI is InChI=1S/C61H82N14O19S2/c1-29(2)51(67-32(6)77)61(94)74-45-28-96-95-27-31(5)66-60(93)52(30(3)4)75-55(88)39(15-17-48(80)81)68-47(79)25-64-46(78)24-65-53(86)41(19-33-22-62-37-13-9-7-11-35(33)37)70-58(91)44(26-76)73-57(90)43(21-50(84)85)72-54(87)40(16-18-49(82)83)69-56(89)42(71-59(45)92)20-34-23-63-38-14-10-8-12-36(34)38/h7-14,22-23,29-31,39-45,51-52,62-63,76H,15-21,24-28H2,1-6H3,(H,64,78)(H,65,86)(H,66,93)(H,67,77)(H,68,79)(H,69,89)(H,70,91)(H,71,92)(H,72,87)(H,73,90)(H,74,94)(H,75,88)(H,80,81)(H,82,83)(H,84,85)/t31-,39+,40+,41+,42+,43+,44+,45+,51+,52+/m1/s1. The van der Waals surface area contributed by atoms with Crippen molar-refractivity contribution in [1.29, 1.82) is 0 Å². The second-order valence-corrected chi connectivity index (χ2v) is 25.9. The average molecular weight is 1380 g/mol. The van der Waals surface area contributed by atoms with Crippen LogP contribution in [-0.4, -0.2) is 211 Å². The van der Waals surface area contributed by atoms with E-state index in [4.69, 9.17) is 0 Å². The maximum absolute atomic E-state index is 14.8. The summed E-state index contributed by atoms with van der Waals surface area (Å²) in [6, 6.07) is -1.83. The van der Waals surface area contributed by atoms with E-state index in [1.165, 1.54) is 13.1 Å². The van der Waals surface area contributed by atoms with Crippen molar-refractivity contribution in [1.82, 2.24) is 73.8 Å². The number of amides is 12. The first-order valence-electron chi connectivity index (χ1n) is 30.6. The number of carbonyl (C=O) groups is 15. The molecule has 1 fully saturated rings. The molecule has 0 bridgehead atoms. The Balaban J connectivity index is 1.55. The number of benzene rings is 2. The van der Waals surface area contributed by atoms with E-state index in [9.17, 15) is 92.3 Å². The summed E-state index contributed by atoms with van der Waals surface area (Å²) < 4.78 is 0. The molecular formula is C61H82N14O19S2. The molecule has 0 unspecified atom stereocenters. The minimum absolute atomic E-state index is 0.119. The fraction of sp³-hybridized carbons (Fsp3) is 0.492. The van der Waals surface area contributed by atoms with Crippen molar-refractivity contribution in [2.24, 2.45) is 11.8 Å². The van der Waals surface area contributed by atoms with E-state index < -0.39 is 213 Å². The molecule has 3 heterocycles. The summed E-state index contributed by atoms with van der Waals surface area (Å²) in [5.74, 6) is -17.8. The highest BCUT2D eigenvalue weighted by Crippen LogP contribution is 2.25. The van der Waals surface area contributed by atoms with Crippen molar-refractivity contribution in [3.63, 3.8) is 0 Å². The van der Waals surface area contributed by atoms with E-state index in [1.54, 1.807) is 89.3 Å². The van der Waals surface area contributed by atoms with Crippen LogP contribution in [0.5, 0.6) is 0 Å². The smallest absolute Gasteiger partial charge is 0.305 e. The molecule has 1 aliphatic rings. The second-order valence-electron chi connectivity index (χ2n) is 23.4. The van der Waals surface area contributed by atoms with Crippen LogP contribution in [0.3, 0.4) is 0 Å². The molecule has 0 radical (unpaired) electrons. The van der Waals surface area contributed by atoms with Crippen LogP contribution in [-0.2, 0) is 84.8 Å². The molecule has 522 valence electrons. The zero-order chi connectivity index (χ0) is 70.9. The minimum Gasteiger partial charge on any atom is -0.481 e. The molecule has 1 saturated heterocycles. The third kappa shape index (κ3) is 24.2. The molecule has 18 N–H and O–H groups in total. The highest BCUT2D eigenvalue weighted by atomic mass is 33.1. The van der Waals surface area contributed by atoms with Gasteiger partial charge in [-0.3, -0.25) is 71.9 Å². The lowest BCUT2D eigenvalue weighted by molar-refractivity contribution is -0.142. The van der Waals surface area contributed by atoms with Crippen LogP contribution in [0, 0.1) is 11.8 Å². The van der Waals surface area contributed by atoms with Gasteiger partial charge in [0.15, 0.2) is 0 Å². The molecule has 4 aromatic rings. The SMILES string of the molecule is CC(=O)N[C@H](C(=O)N[C@H]1CSSC[C@@H](C)NC(=O)[C@H](C(C)C)NC(=O)[C@H](CCC(=O)O)NC(=O)CNC(=O)CNC(=O)[C@H](Cc2c[nH]c3ccccc23)NC(=O)[C@H](CO)NC(=O)[C@H](CC(=O)O)NC(=O)[C@H](CCC(=O)O)NC(=O)[C@H](Cc2c[nH]c3ccccc23)NC1=O)C(C)C. The molecule has 0 spiro atoms. The number of fused-ring (bicyclic) bond motifs is 2. The van der Waals surface area contributed by atoms with E-state index >= 15 is 0 Å². The number of rotatable bonds is 18. The average Bonchev–Trinajstić information content (AvgIpc) is 1.65. The minimum atomic E-state index is -2.13. The maximum atomic E-state index is 14.8. The third-order valence-electron chi connectivity index (χ3n) is 15.0. The van der Waals surface area contributed by atoms with Gasteiger partial charge in [0.1, 0.15) is 54.4 Å². The first kappa shape index (κ1) is 76.9. The van der Waals surface area contributed by atoms with Crippen LogP contribution < -0.4 is 63.8 Å². The predicted octanol–water partition coefficient (Wildman–Crippen LogP) is -2.54. The van der Waals surface area contributed by atoms with Gasteiger partial charge in [0.25, 0.3) is 0 Å². The molecule has 5 rings (SSSR count). The van der Waals surface area contributed by atoms with E-state index in [2.05, 4.69) is 73.8 Å². The number of aliphatic hydroxyl groups is 1. The van der Waals surface area contributed by atoms with Gasteiger partial charge in [-0.25, -0.2) is 0 Å². The van der Waals surface area contributed by atoms with Gasteiger partial charge in [0, 0.05) is 84.4 Å². The lowest BCUT2D eigenvalue weighted by Crippen LogP contribution is -2.61. The van der Waals surface area contributed by atoms with Crippen molar-refractivity contribution in [2.75, 3.05) is 31.2 Å². The molecule has 96 heavy (non-hydrogen) atoms. The van der Waals surface area contributed by atoms with Gasteiger partial charge in [0.05, 0.1) is 26.1 Å². The first-order valence-corrected chi connectivity index (χ1v) is 33.1. The number of hydrogen-bond acceptors (Lipinski definition) is 18. The van der Waals surface area contributed by atoms with Crippen LogP contribution in [0.2, 0.25) is 0 Å². The van der Waals surface area contributed by atoms with E-state index in [1.807, 2.05) is 0 Å². The Morgan fingerprint density at radius 1 is 0.531 bits per heavy atom. The Morgan fingerprint density at radius 2 is 1.00 bits per heavy atom. The summed E-state index contributed by atoms with van der Waals surface area (Å²) in [7, 11) is 2.16. The predicted molar refractivity (Wildman–Crippen MR) is 348 cm³/mol. The summed E-state index contributed by atoms with van der Waals surface area (Å²) >= 11 is 0. The van der Waals surface area contributed by atoms with Crippen molar-refractivity contribution >= 4 is 132 Å². The molecule has 12 amide bonds. The van der Waals surface area contributed by atoms with Crippen LogP contribution in [0.1, 0.15) is 84.8 Å². The zero-order valence-corrected chi connectivity index (χ0v) is 55.0. The molecule has 1 aliphatic heterocycles. The number of nitrogens with one attached hydrogen (secondary N) is 14. The molecule has 0 saturated carbocycles. The van der Waals surface area contributed by atoms with Crippen LogP contribution >= 0.6 is 21.6 Å². The van der Waals surface area contributed by atoms with Crippen LogP contribution in [0.25, 0.3) is 21.8 Å². The van der Waals surface area contributed by atoms with E-state index in [0.717, 1.165) is 21.6 Å². The van der Waals surface area contributed by atoms with Gasteiger partial charge in [0.2, 0.25) is 70.9 Å². The van der Waals surface area contributed by atoms with Crippen molar-refractivity contribution < 1.29 is 92.3 Å². The summed E-state index contributed by atoms with van der Waals surface area (Å²) in [5, 5.41) is 70.3. The summed E-state index contributed by atoms with van der Waals surface area (Å²) in [4.78, 5) is 209. The molecular weight excluding hydrogens is 1300 g/mol. The normalized spacial score (nSPS) is 23.0. The number of aromatic amines is 2. The van der Waals surface area contributed by atoms with Gasteiger partial charge in [-0.2, -0.15) is 0 Å². The molecule has 2 aromatic heterocycles. The number of hydrogen-bond donors (Lipinski definition) is 18. The van der Waals surface area contributed by atoms with Crippen molar-refractivity contribution in [3.05, 3.63) is 72.1 Å². The zero-order valence-electron chi connectivity index (χ0n) is 53.4. The Labute approximate surface area is 558 Å². The fourth-order valence-corrected chi connectivity index (χ4v) is 12.3. The Morgan fingerprint density at radius 3 is 1.54 bits per heavy atom. The van der Waals surface area contributed by atoms with Gasteiger partial charge in [-0.1, -0.05) is 85.7 Å². The highest BCUT2D eigenvalue weighted by molar-refractivity contribution is 8.76. The molecule has 10 atom stereocenters. The number of carboxylic acids is 3. The number of aromatic nitrogens is 2. The van der Waals surface area contributed by atoms with E-state index in [0.29, 0.717) is 32.9 Å². The highest BCUT2D eigenvalue weighted by Gasteiger charge is 2.37. The molecule has 33 nitrogen and oxygen atoms in total. The molecule has 2 aromatic carbocycles. The topological polar surface area (TPSA) is 513 Å². The monoisotopic (exact) mass is 1380 g/mol. The summed E-state index contributed by atoms with van der Waals surface area (Å²) in [6.45, 7) is 6.43. The van der Waals surface area contributed by atoms with Crippen LogP contribution in [0.4, 0.5) is 0 Å². The largest absolute Gasteiger partial charge is 0.481 e. The van der Waals surface area contributed by atoms with E-state index in [-0.39, 0.29) is 24.3 Å². The summed E-state index contributed by atoms with van der Waals surface area (Å²) in [5.41, 5.74) is 2.11. The first-order chi connectivity index (χ1) is 45.4. The lowest BCUT2D eigenvalue weighted by Gasteiger charge is -2.28. The Bertz CT molecular complexity index is 3510. The van der Waals surface area contributed by atoms with Gasteiger partial charge >= 0.3 is 17.9 Å². The number of aliphatic carboxylic acids is 3. The lowest BCUT2D eigenvalue weighted by atomic mass is 10.0. The second kappa shape index (κ2) is 37.4. The maximum Gasteiger partial charge on any atom is 0.305 e. The Hall–Kier alpha value is -9.77.